The van der Waals surface area contributed by atoms with Crippen LogP contribution >= 0.6 is 11.8 Å². The van der Waals surface area contributed by atoms with E-state index in [-0.39, 0.29) is 23.8 Å². The molecule has 1 saturated heterocycles. The van der Waals surface area contributed by atoms with E-state index in [1.165, 1.54) is 0 Å². The quantitative estimate of drug-likeness (QED) is 0.705. The number of hydrogen-bond acceptors (Lipinski definition) is 5. The van der Waals surface area contributed by atoms with Gasteiger partial charge in [0.15, 0.2) is 0 Å². The lowest BCUT2D eigenvalue weighted by atomic mass is 10.0. The van der Waals surface area contributed by atoms with Crippen molar-refractivity contribution in [3.63, 3.8) is 0 Å². The van der Waals surface area contributed by atoms with Crippen molar-refractivity contribution >= 4 is 23.6 Å². The topological polar surface area (TPSA) is 76.4 Å². The van der Waals surface area contributed by atoms with Crippen LogP contribution in [0.25, 0.3) is 0 Å². The average molecular weight is 417 g/mol. The first-order valence-electron chi connectivity index (χ1n) is 10.2. The van der Waals surface area contributed by atoms with E-state index >= 15 is 0 Å². The summed E-state index contributed by atoms with van der Waals surface area (Å²) in [5.74, 6) is 0.813. The number of amides is 2. The molecule has 0 spiro atoms. The first-order chi connectivity index (χ1) is 13.9. The highest BCUT2D eigenvalue weighted by Gasteiger charge is 2.31. The Morgan fingerprint density at radius 3 is 2.48 bits per heavy atom. The Bertz CT molecular complexity index is 739. The summed E-state index contributed by atoms with van der Waals surface area (Å²) < 4.78 is 0. The molecule has 1 aromatic carbocycles. The molecule has 2 atom stereocenters. The average Bonchev–Trinajstić information content (AvgIpc) is 2.71. The maximum Gasteiger partial charge on any atom is 0.251 e. The van der Waals surface area contributed by atoms with Gasteiger partial charge in [-0.2, -0.15) is 17.0 Å². The van der Waals surface area contributed by atoms with Crippen molar-refractivity contribution in [1.82, 2.24) is 15.1 Å². The van der Waals surface area contributed by atoms with Crippen LogP contribution in [0.2, 0.25) is 0 Å². The van der Waals surface area contributed by atoms with E-state index in [1.54, 1.807) is 17.8 Å². The van der Waals surface area contributed by atoms with Crippen LogP contribution in [0.1, 0.15) is 36.2 Å². The Hall–Kier alpha value is -2.04. The third kappa shape index (κ3) is 6.48. The van der Waals surface area contributed by atoms with Crippen LogP contribution < -0.4 is 5.32 Å². The summed E-state index contributed by atoms with van der Waals surface area (Å²) in [6, 6.07) is 9.12. The number of aryl methyl sites for hydroxylation is 1. The van der Waals surface area contributed by atoms with Gasteiger partial charge in [0.25, 0.3) is 5.91 Å². The number of nitrogens with zero attached hydrogens (tertiary/aromatic N) is 3. The standard InChI is InChI=1S/C22H32N4O2S/c1-16(2)20(15-23)25-9-11-26(12-10-25)22(28)19(8-13-29-4)24-21(27)18-7-5-6-17(3)14-18/h5-7,14,16,19-20H,8-13H2,1-4H3,(H,24,27). The lowest BCUT2D eigenvalue weighted by Gasteiger charge is -2.39. The molecule has 0 aliphatic carbocycles. The molecule has 29 heavy (non-hydrogen) atoms. The number of rotatable bonds is 8. The zero-order chi connectivity index (χ0) is 21.4. The molecule has 7 heteroatoms. The molecule has 6 nitrogen and oxygen atoms in total. The van der Waals surface area contributed by atoms with Gasteiger partial charge in [-0.1, -0.05) is 31.5 Å². The third-order valence-electron chi connectivity index (χ3n) is 5.28. The molecule has 2 amide bonds. The van der Waals surface area contributed by atoms with E-state index in [4.69, 9.17) is 0 Å². The minimum absolute atomic E-state index is 0.0299. The molecule has 2 rings (SSSR count). The predicted molar refractivity (Wildman–Crippen MR) is 118 cm³/mol. The van der Waals surface area contributed by atoms with Crippen LogP contribution in [0.15, 0.2) is 24.3 Å². The van der Waals surface area contributed by atoms with Gasteiger partial charge in [-0.3, -0.25) is 14.5 Å². The molecule has 0 bridgehead atoms. The summed E-state index contributed by atoms with van der Waals surface area (Å²) in [5.41, 5.74) is 1.59. The van der Waals surface area contributed by atoms with Gasteiger partial charge < -0.3 is 10.2 Å². The fourth-order valence-electron chi connectivity index (χ4n) is 3.61. The molecule has 0 aromatic heterocycles. The normalized spacial score (nSPS) is 16.9. The van der Waals surface area contributed by atoms with Crippen molar-refractivity contribution in [2.24, 2.45) is 5.92 Å². The number of benzene rings is 1. The summed E-state index contributed by atoms with van der Waals surface area (Å²) in [6.45, 7) is 8.57. The van der Waals surface area contributed by atoms with Crippen LogP contribution in [-0.4, -0.2) is 71.9 Å². The van der Waals surface area contributed by atoms with Gasteiger partial charge in [0.1, 0.15) is 12.1 Å². The van der Waals surface area contributed by atoms with Gasteiger partial charge in [-0.15, -0.1) is 0 Å². The van der Waals surface area contributed by atoms with Crippen molar-refractivity contribution in [3.05, 3.63) is 35.4 Å². The summed E-state index contributed by atoms with van der Waals surface area (Å²) >= 11 is 1.66. The summed E-state index contributed by atoms with van der Waals surface area (Å²) in [7, 11) is 0. The van der Waals surface area contributed by atoms with E-state index in [0.29, 0.717) is 38.2 Å². The lowest BCUT2D eigenvalue weighted by molar-refractivity contribution is -0.135. The summed E-state index contributed by atoms with van der Waals surface area (Å²) in [4.78, 5) is 29.8. The minimum Gasteiger partial charge on any atom is -0.340 e. The lowest BCUT2D eigenvalue weighted by Crippen LogP contribution is -2.57. The summed E-state index contributed by atoms with van der Waals surface area (Å²) in [6.07, 6.45) is 2.60. The van der Waals surface area contributed by atoms with E-state index in [9.17, 15) is 14.9 Å². The van der Waals surface area contributed by atoms with E-state index < -0.39 is 6.04 Å². The molecular formula is C22H32N4O2S. The molecule has 1 aromatic rings. The smallest absolute Gasteiger partial charge is 0.251 e. The van der Waals surface area contributed by atoms with Crippen LogP contribution in [0.4, 0.5) is 0 Å². The molecule has 0 saturated carbocycles. The molecule has 1 N–H and O–H groups in total. The minimum atomic E-state index is -0.529. The van der Waals surface area contributed by atoms with Crippen LogP contribution in [0.5, 0.6) is 0 Å². The van der Waals surface area contributed by atoms with Gasteiger partial charge in [0, 0.05) is 31.7 Å². The molecule has 1 heterocycles. The number of hydrogen-bond donors (Lipinski definition) is 1. The zero-order valence-electron chi connectivity index (χ0n) is 17.9. The zero-order valence-corrected chi connectivity index (χ0v) is 18.7. The highest BCUT2D eigenvalue weighted by atomic mass is 32.2. The van der Waals surface area contributed by atoms with E-state index in [0.717, 1.165) is 11.3 Å². The Kier molecular flexibility index (Phi) is 8.99. The molecule has 158 valence electrons. The molecule has 1 aliphatic rings. The highest BCUT2D eigenvalue weighted by Crippen LogP contribution is 2.15. The molecule has 2 unspecified atom stereocenters. The SMILES string of the molecule is CSCCC(NC(=O)c1cccc(C)c1)C(=O)N1CCN(C(C#N)C(C)C)CC1. The van der Waals surface area contributed by atoms with E-state index in [2.05, 4.69) is 16.3 Å². The second-order valence-electron chi connectivity index (χ2n) is 7.86. The van der Waals surface area contributed by atoms with E-state index in [1.807, 2.05) is 50.1 Å². The van der Waals surface area contributed by atoms with Crippen molar-refractivity contribution < 1.29 is 9.59 Å². The first-order valence-corrected chi connectivity index (χ1v) is 11.6. The van der Waals surface area contributed by atoms with Crippen LogP contribution in [0.3, 0.4) is 0 Å². The Morgan fingerprint density at radius 1 is 1.24 bits per heavy atom. The van der Waals surface area contributed by atoms with Crippen molar-refractivity contribution in [3.8, 4) is 6.07 Å². The molecule has 0 radical (unpaired) electrons. The molecular weight excluding hydrogens is 384 g/mol. The van der Waals surface area contributed by atoms with Gasteiger partial charge in [-0.25, -0.2) is 0 Å². The second kappa shape index (κ2) is 11.2. The van der Waals surface area contributed by atoms with Gasteiger partial charge in [0.2, 0.25) is 5.91 Å². The number of piperazine rings is 1. The second-order valence-corrected chi connectivity index (χ2v) is 8.84. The number of carbonyl (C=O) groups excluding carboxylic acids is 2. The number of carbonyl (C=O) groups is 2. The van der Waals surface area contributed by atoms with Crippen molar-refractivity contribution in [2.45, 2.75) is 39.3 Å². The fraction of sp³-hybridized carbons (Fsp3) is 0.591. The maximum atomic E-state index is 13.1. The third-order valence-corrected chi connectivity index (χ3v) is 5.92. The highest BCUT2D eigenvalue weighted by molar-refractivity contribution is 7.98. The number of nitriles is 1. The van der Waals surface area contributed by atoms with Crippen molar-refractivity contribution in [2.75, 3.05) is 38.2 Å². The summed E-state index contributed by atoms with van der Waals surface area (Å²) in [5, 5.41) is 12.4. The van der Waals surface area contributed by atoms with Crippen LogP contribution in [-0.2, 0) is 4.79 Å². The maximum absolute atomic E-state index is 13.1. The molecule has 1 fully saturated rings. The van der Waals surface area contributed by atoms with Gasteiger partial charge in [-0.05, 0) is 43.4 Å². The first kappa shape index (κ1) is 23.2. The van der Waals surface area contributed by atoms with Crippen molar-refractivity contribution in [1.29, 1.82) is 5.26 Å². The Labute approximate surface area is 178 Å². The number of nitrogens with one attached hydrogen (secondary N) is 1. The molecule has 1 aliphatic heterocycles. The monoisotopic (exact) mass is 416 g/mol. The fourth-order valence-corrected chi connectivity index (χ4v) is 4.09. The Balaban J connectivity index is 2.02. The predicted octanol–water partition coefficient (Wildman–Crippen LogP) is 2.54. The largest absolute Gasteiger partial charge is 0.340 e. The van der Waals surface area contributed by atoms with Crippen LogP contribution in [0, 0.1) is 24.2 Å². The number of thioether (sulfide) groups is 1. The van der Waals surface area contributed by atoms with Gasteiger partial charge in [0.05, 0.1) is 6.07 Å². The van der Waals surface area contributed by atoms with Gasteiger partial charge >= 0.3 is 0 Å². The Morgan fingerprint density at radius 2 is 1.93 bits per heavy atom.